The van der Waals surface area contributed by atoms with Crippen molar-refractivity contribution in [3.63, 3.8) is 0 Å². The van der Waals surface area contributed by atoms with Gasteiger partial charge in [0.15, 0.2) is 5.43 Å². The quantitative estimate of drug-likeness (QED) is 0.412. The molecule has 0 aliphatic carbocycles. The van der Waals surface area contributed by atoms with Gasteiger partial charge >= 0.3 is 0 Å². The molecule has 3 aromatic carbocycles. The van der Waals surface area contributed by atoms with Gasteiger partial charge in [0, 0.05) is 24.2 Å². The van der Waals surface area contributed by atoms with E-state index in [1.165, 1.54) is 7.17 Å². The zero-order chi connectivity index (χ0) is 16.7. The summed E-state index contributed by atoms with van der Waals surface area (Å²) in [5, 5.41) is 1.40. The fourth-order valence-electron chi connectivity index (χ4n) is 3.19. The molecular formula is C20H14B2NO. The van der Waals surface area contributed by atoms with Crippen LogP contribution in [-0.4, -0.2) is 19.5 Å². The largest absolute Gasteiger partial charge is 0.309 e. The second-order valence-corrected chi connectivity index (χ2v) is 5.96. The first-order valence-corrected chi connectivity index (χ1v) is 7.88. The third-order valence-electron chi connectivity index (χ3n) is 4.35. The Morgan fingerprint density at radius 3 is 2.25 bits per heavy atom. The van der Waals surface area contributed by atoms with E-state index in [1.807, 2.05) is 73.7 Å². The van der Waals surface area contributed by atoms with Crippen molar-refractivity contribution in [1.29, 1.82) is 0 Å². The molecule has 0 bridgehead atoms. The summed E-state index contributed by atoms with van der Waals surface area (Å²) >= 11 is 0. The van der Waals surface area contributed by atoms with Crippen LogP contribution in [0.2, 0.25) is 0 Å². The maximum absolute atomic E-state index is 13.0. The second kappa shape index (κ2) is 5.72. The Labute approximate surface area is 142 Å². The molecule has 1 heterocycles. The van der Waals surface area contributed by atoms with Crippen LogP contribution in [-0.2, 0) is 0 Å². The topological polar surface area (TPSA) is 22.0 Å². The lowest BCUT2D eigenvalue weighted by atomic mass is 9.51. The van der Waals surface area contributed by atoms with Crippen molar-refractivity contribution < 1.29 is 0 Å². The lowest BCUT2D eigenvalue weighted by Crippen LogP contribution is -2.18. The van der Waals surface area contributed by atoms with E-state index in [-0.39, 0.29) is 5.43 Å². The van der Waals surface area contributed by atoms with Gasteiger partial charge in [-0.3, -0.25) is 4.79 Å². The lowest BCUT2D eigenvalue weighted by molar-refractivity contribution is 1.16. The third kappa shape index (κ3) is 2.26. The fourth-order valence-corrected chi connectivity index (χ4v) is 3.19. The van der Waals surface area contributed by atoms with E-state index in [0.29, 0.717) is 5.39 Å². The monoisotopic (exact) mass is 306 g/mol. The highest BCUT2D eigenvalue weighted by Gasteiger charge is 2.12. The number of hydrogen-bond acceptors (Lipinski definition) is 1. The van der Waals surface area contributed by atoms with E-state index in [0.717, 1.165) is 33.1 Å². The first kappa shape index (κ1) is 14.8. The molecule has 4 aromatic rings. The predicted molar refractivity (Wildman–Crippen MR) is 103 cm³/mol. The molecule has 0 N–H and O–H groups in total. The minimum atomic E-state index is 0.0413. The second-order valence-electron chi connectivity index (χ2n) is 5.96. The van der Waals surface area contributed by atoms with Gasteiger partial charge in [0.25, 0.3) is 0 Å². The molecule has 4 rings (SSSR count). The molecule has 4 heteroatoms. The zero-order valence-electron chi connectivity index (χ0n) is 13.4. The Hall–Kier alpha value is -2.74. The van der Waals surface area contributed by atoms with Crippen molar-refractivity contribution in [2.75, 3.05) is 0 Å². The van der Waals surface area contributed by atoms with E-state index >= 15 is 0 Å². The summed E-state index contributed by atoms with van der Waals surface area (Å²) in [6.45, 7) is 2.00. The van der Waals surface area contributed by atoms with Crippen LogP contribution in [0.1, 0.15) is 5.56 Å². The lowest BCUT2D eigenvalue weighted by Gasteiger charge is -2.16. The summed E-state index contributed by atoms with van der Waals surface area (Å²) in [5.41, 5.74) is 4.77. The number of benzene rings is 3. The SMILES string of the molecule is [B][B]c1ccc2c(c1)c(=O)c1cc(C)ccc1n2-c1ccccc1. The van der Waals surface area contributed by atoms with Crippen molar-refractivity contribution in [2.45, 2.75) is 6.92 Å². The van der Waals surface area contributed by atoms with Gasteiger partial charge in [-0.1, -0.05) is 47.4 Å². The Balaban J connectivity index is 2.26. The van der Waals surface area contributed by atoms with Crippen LogP contribution >= 0.6 is 0 Å². The van der Waals surface area contributed by atoms with Crippen LogP contribution in [0, 0.1) is 6.92 Å². The minimum absolute atomic E-state index is 0.0413. The molecule has 1 aromatic heterocycles. The zero-order valence-corrected chi connectivity index (χ0v) is 13.4. The first-order chi connectivity index (χ1) is 11.7. The van der Waals surface area contributed by atoms with Gasteiger partial charge in [0.2, 0.25) is 0 Å². The van der Waals surface area contributed by atoms with Crippen molar-refractivity contribution in [3.05, 3.63) is 82.5 Å². The number of para-hydroxylation sites is 1. The summed E-state index contributed by atoms with van der Waals surface area (Å²) < 4.78 is 2.13. The third-order valence-corrected chi connectivity index (χ3v) is 4.35. The van der Waals surface area contributed by atoms with Gasteiger partial charge in [-0.15, -0.1) is 0 Å². The van der Waals surface area contributed by atoms with Crippen LogP contribution in [0.25, 0.3) is 27.5 Å². The Morgan fingerprint density at radius 2 is 1.54 bits per heavy atom. The summed E-state index contributed by atoms with van der Waals surface area (Å²) in [5.74, 6) is 0. The number of rotatable bonds is 2. The Kier molecular flexibility index (Phi) is 3.53. The standard InChI is InChI=1S/C20H14B2NO/c1-13-7-9-18-16(11-13)20(24)17-12-14(22-21)8-10-19(17)23(18)15-5-3-2-4-6-15/h2-12H,1H3. The maximum Gasteiger partial charge on any atom is 0.197 e. The van der Waals surface area contributed by atoms with Gasteiger partial charge < -0.3 is 4.57 Å². The highest BCUT2D eigenvalue weighted by atomic mass is 16.1. The Bertz CT molecular complexity index is 1120. The average Bonchev–Trinajstić information content (AvgIpc) is 2.63. The molecule has 0 aliphatic heterocycles. The smallest absolute Gasteiger partial charge is 0.197 e. The van der Waals surface area contributed by atoms with E-state index in [1.54, 1.807) is 0 Å². The van der Waals surface area contributed by atoms with Crippen molar-refractivity contribution in [3.8, 4) is 5.69 Å². The molecule has 0 aliphatic rings. The molecule has 0 amide bonds. The van der Waals surface area contributed by atoms with Gasteiger partial charge in [-0.05, 0) is 37.3 Å². The van der Waals surface area contributed by atoms with E-state index < -0.39 is 0 Å². The van der Waals surface area contributed by atoms with E-state index in [4.69, 9.17) is 7.74 Å². The van der Waals surface area contributed by atoms with Gasteiger partial charge in [0.1, 0.15) is 0 Å². The number of aromatic nitrogens is 1. The maximum atomic E-state index is 13.0. The van der Waals surface area contributed by atoms with Crippen LogP contribution < -0.4 is 10.9 Å². The normalized spacial score (nSPS) is 11.0. The molecule has 0 fully saturated rings. The van der Waals surface area contributed by atoms with Crippen LogP contribution in [0.15, 0.2) is 71.5 Å². The van der Waals surface area contributed by atoms with Crippen LogP contribution in [0.3, 0.4) is 0 Å². The highest BCUT2D eigenvalue weighted by Crippen LogP contribution is 2.24. The first-order valence-electron chi connectivity index (χ1n) is 7.88. The molecule has 111 valence electrons. The number of nitrogens with zero attached hydrogens (tertiary/aromatic N) is 1. The summed E-state index contributed by atoms with van der Waals surface area (Å²) in [6, 6.07) is 21.8. The molecular weight excluding hydrogens is 292 g/mol. The fraction of sp³-hybridized carbons (Fsp3) is 0.0500. The molecule has 0 spiro atoms. The Morgan fingerprint density at radius 1 is 0.875 bits per heavy atom. The minimum Gasteiger partial charge on any atom is -0.309 e. The molecule has 0 saturated carbocycles. The van der Waals surface area contributed by atoms with Crippen molar-refractivity contribution in [1.82, 2.24) is 4.57 Å². The number of pyridine rings is 1. The molecule has 0 atom stereocenters. The van der Waals surface area contributed by atoms with Gasteiger partial charge in [-0.2, -0.15) is 0 Å². The predicted octanol–water partition coefficient (Wildman–Crippen LogP) is 2.87. The summed E-state index contributed by atoms with van der Waals surface area (Å²) in [4.78, 5) is 13.0. The molecule has 3 radical (unpaired) electrons. The van der Waals surface area contributed by atoms with E-state index in [9.17, 15) is 4.79 Å². The van der Waals surface area contributed by atoms with Gasteiger partial charge in [-0.25, -0.2) is 0 Å². The summed E-state index contributed by atoms with van der Waals surface area (Å²) in [6.07, 6.45) is 0. The molecule has 2 nitrogen and oxygen atoms in total. The molecule has 0 unspecified atom stereocenters. The number of aryl methyl sites for hydroxylation is 1. The van der Waals surface area contributed by atoms with Crippen LogP contribution in [0.5, 0.6) is 0 Å². The van der Waals surface area contributed by atoms with Gasteiger partial charge in [0.05, 0.1) is 18.2 Å². The van der Waals surface area contributed by atoms with Crippen LogP contribution in [0.4, 0.5) is 0 Å². The number of fused-ring (bicyclic) bond motifs is 2. The molecule has 0 saturated heterocycles. The number of hydrogen-bond donors (Lipinski definition) is 0. The summed E-state index contributed by atoms with van der Waals surface area (Å²) in [7, 11) is 7.16. The average molecular weight is 306 g/mol. The molecule has 24 heavy (non-hydrogen) atoms. The highest BCUT2D eigenvalue weighted by molar-refractivity contribution is 6.97. The van der Waals surface area contributed by atoms with Crippen molar-refractivity contribution in [2.24, 2.45) is 0 Å². The van der Waals surface area contributed by atoms with E-state index in [2.05, 4.69) is 4.57 Å². The van der Waals surface area contributed by atoms with Crippen molar-refractivity contribution >= 4 is 42.2 Å².